The number of phenolic OH excluding ortho intramolecular Hbond substituents is 1. The van der Waals surface area contributed by atoms with Gasteiger partial charge in [-0.15, -0.1) is 0 Å². The van der Waals surface area contributed by atoms with Crippen LogP contribution >= 0.6 is 0 Å². The average Bonchev–Trinajstić information content (AvgIpc) is 2.37. The minimum absolute atomic E-state index is 0.0431. The number of ketones is 1. The zero-order valence-corrected chi connectivity index (χ0v) is 10.4. The van der Waals surface area contributed by atoms with Crippen LogP contribution in [-0.4, -0.2) is 29.9 Å². The highest BCUT2D eigenvalue weighted by atomic mass is 16.3. The molecule has 0 spiro atoms. The van der Waals surface area contributed by atoms with Crippen LogP contribution in [0.3, 0.4) is 0 Å². The summed E-state index contributed by atoms with van der Waals surface area (Å²) in [4.78, 5) is 13.7. The van der Waals surface area contributed by atoms with Crippen molar-refractivity contribution in [2.45, 2.75) is 0 Å². The molecule has 2 aromatic carbocycles. The lowest BCUT2D eigenvalue weighted by Crippen LogP contribution is -2.03. The summed E-state index contributed by atoms with van der Waals surface area (Å²) in [5.41, 5.74) is 0.326. The third-order valence-corrected chi connectivity index (χ3v) is 2.69. The molecule has 0 aliphatic carbocycles. The van der Waals surface area contributed by atoms with Crippen LogP contribution in [0.15, 0.2) is 48.7 Å². The lowest BCUT2D eigenvalue weighted by Gasteiger charge is -2.06. The van der Waals surface area contributed by atoms with Gasteiger partial charge < -0.3 is 10.0 Å². The fraction of sp³-hybridized carbons (Fsp3) is 0.133. The molecule has 0 bridgehead atoms. The van der Waals surface area contributed by atoms with E-state index in [0.717, 1.165) is 5.39 Å². The summed E-state index contributed by atoms with van der Waals surface area (Å²) in [6.45, 7) is 0. The number of carbonyl (C=O) groups excluding carboxylic acids is 1. The van der Waals surface area contributed by atoms with E-state index in [1.165, 1.54) is 6.08 Å². The first-order valence-corrected chi connectivity index (χ1v) is 5.69. The van der Waals surface area contributed by atoms with Crippen molar-refractivity contribution in [1.82, 2.24) is 4.90 Å². The number of benzene rings is 2. The Morgan fingerprint density at radius 1 is 1.17 bits per heavy atom. The van der Waals surface area contributed by atoms with Crippen molar-refractivity contribution in [3.05, 3.63) is 54.2 Å². The molecule has 92 valence electrons. The molecule has 0 unspecified atom stereocenters. The number of phenols is 1. The van der Waals surface area contributed by atoms with Crippen molar-refractivity contribution in [3.8, 4) is 5.75 Å². The van der Waals surface area contributed by atoms with Gasteiger partial charge in [-0.25, -0.2) is 0 Å². The highest BCUT2D eigenvalue weighted by molar-refractivity contribution is 6.10. The third kappa shape index (κ3) is 2.35. The Hall–Kier alpha value is -2.29. The molecule has 0 atom stereocenters. The molecule has 18 heavy (non-hydrogen) atoms. The summed E-state index contributed by atoms with van der Waals surface area (Å²) < 4.78 is 0. The van der Waals surface area contributed by atoms with Crippen molar-refractivity contribution in [2.24, 2.45) is 0 Å². The van der Waals surface area contributed by atoms with E-state index < -0.39 is 0 Å². The zero-order chi connectivity index (χ0) is 13.1. The molecular formula is C15H15NO2. The fourth-order valence-corrected chi connectivity index (χ4v) is 1.76. The van der Waals surface area contributed by atoms with Gasteiger partial charge in [0, 0.05) is 31.8 Å². The summed E-state index contributed by atoms with van der Waals surface area (Å²) >= 11 is 0. The summed E-state index contributed by atoms with van der Waals surface area (Å²) in [6, 6.07) is 10.9. The summed E-state index contributed by atoms with van der Waals surface area (Å²) in [5, 5.41) is 11.7. The molecule has 3 heteroatoms. The molecule has 0 saturated carbocycles. The molecule has 0 aliphatic heterocycles. The van der Waals surface area contributed by atoms with Gasteiger partial charge in [-0.05, 0) is 11.5 Å². The highest BCUT2D eigenvalue weighted by Crippen LogP contribution is 2.28. The van der Waals surface area contributed by atoms with Crippen molar-refractivity contribution >= 4 is 16.6 Å². The Balaban J connectivity index is 2.46. The van der Waals surface area contributed by atoms with Gasteiger partial charge >= 0.3 is 0 Å². The van der Waals surface area contributed by atoms with Crippen molar-refractivity contribution in [3.63, 3.8) is 0 Å². The maximum Gasteiger partial charge on any atom is 0.191 e. The molecule has 0 fully saturated rings. The first-order valence-electron chi connectivity index (χ1n) is 5.69. The lowest BCUT2D eigenvalue weighted by atomic mass is 10.0. The van der Waals surface area contributed by atoms with Gasteiger partial charge in [0.05, 0.1) is 5.56 Å². The maximum absolute atomic E-state index is 11.9. The number of aromatic hydroxyl groups is 1. The normalized spacial score (nSPS) is 11.0. The van der Waals surface area contributed by atoms with E-state index in [1.54, 1.807) is 23.2 Å². The van der Waals surface area contributed by atoms with E-state index in [9.17, 15) is 9.90 Å². The standard InChI is InChI=1S/C15H15NO2/c1-16(2)10-9-14(17)13-8-7-11-5-3-4-6-12(11)15(13)18/h3-10,18H,1-2H3. The Bertz CT molecular complexity index is 615. The second-order valence-electron chi connectivity index (χ2n) is 4.33. The number of carbonyl (C=O) groups is 1. The van der Waals surface area contributed by atoms with Crippen molar-refractivity contribution < 1.29 is 9.90 Å². The molecule has 3 nitrogen and oxygen atoms in total. The van der Waals surface area contributed by atoms with Gasteiger partial charge in [0.1, 0.15) is 5.75 Å². The number of fused-ring (bicyclic) bond motifs is 1. The Kier molecular flexibility index (Phi) is 3.33. The predicted octanol–water partition coefficient (Wildman–Crippen LogP) is 2.80. The van der Waals surface area contributed by atoms with E-state index in [4.69, 9.17) is 0 Å². The van der Waals surface area contributed by atoms with Crippen LogP contribution in [0.5, 0.6) is 5.75 Å². The first kappa shape index (κ1) is 12.2. The summed E-state index contributed by atoms with van der Waals surface area (Å²) in [7, 11) is 3.67. The molecule has 0 aromatic heterocycles. The Labute approximate surface area is 106 Å². The van der Waals surface area contributed by atoms with Crippen LogP contribution in [0, 0.1) is 0 Å². The second-order valence-corrected chi connectivity index (χ2v) is 4.33. The monoisotopic (exact) mass is 241 g/mol. The van der Waals surface area contributed by atoms with E-state index >= 15 is 0 Å². The number of hydrogen-bond donors (Lipinski definition) is 1. The zero-order valence-electron chi connectivity index (χ0n) is 10.4. The molecule has 0 radical (unpaired) electrons. The molecule has 0 amide bonds. The largest absolute Gasteiger partial charge is 0.507 e. The van der Waals surface area contributed by atoms with Crippen molar-refractivity contribution in [2.75, 3.05) is 14.1 Å². The fourth-order valence-electron chi connectivity index (χ4n) is 1.76. The molecule has 0 saturated heterocycles. The van der Waals surface area contributed by atoms with Crippen LogP contribution in [0.25, 0.3) is 10.8 Å². The van der Waals surface area contributed by atoms with Gasteiger partial charge in [0.2, 0.25) is 0 Å². The SMILES string of the molecule is CN(C)C=CC(=O)c1ccc2ccccc2c1O. The highest BCUT2D eigenvalue weighted by Gasteiger charge is 2.11. The van der Waals surface area contributed by atoms with Crippen LogP contribution in [-0.2, 0) is 0 Å². The van der Waals surface area contributed by atoms with Gasteiger partial charge in [-0.3, -0.25) is 4.79 Å². The first-order chi connectivity index (χ1) is 8.59. The minimum atomic E-state index is -0.202. The smallest absolute Gasteiger partial charge is 0.191 e. The topological polar surface area (TPSA) is 40.5 Å². The van der Waals surface area contributed by atoms with Crippen LogP contribution in [0.1, 0.15) is 10.4 Å². The molecule has 0 aliphatic rings. The molecular weight excluding hydrogens is 226 g/mol. The quantitative estimate of drug-likeness (QED) is 0.663. The van der Waals surface area contributed by atoms with Gasteiger partial charge in [-0.1, -0.05) is 30.3 Å². The maximum atomic E-state index is 11.9. The lowest BCUT2D eigenvalue weighted by molar-refractivity contribution is 0.104. The van der Waals surface area contributed by atoms with Crippen molar-refractivity contribution in [1.29, 1.82) is 0 Å². The summed E-state index contributed by atoms with van der Waals surface area (Å²) in [6.07, 6.45) is 3.11. The van der Waals surface area contributed by atoms with Crippen LogP contribution in [0.4, 0.5) is 0 Å². The summed E-state index contributed by atoms with van der Waals surface area (Å²) in [5.74, 6) is -0.159. The Morgan fingerprint density at radius 3 is 2.61 bits per heavy atom. The van der Waals surface area contributed by atoms with Gasteiger partial charge in [0.25, 0.3) is 0 Å². The van der Waals surface area contributed by atoms with E-state index in [2.05, 4.69) is 0 Å². The molecule has 0 heterocycles. The number of allylic oxidation sites excluding steroid dienone is 1. The molecule has 2 rings (SSSR count). The van der Waals surface area contributed by atoms with Gasteiger partial charge in [0.15, 0.2) is 5.78 Å². The predicted molar refractivity (Wildman–Crippen MR) is 72.8 cm³/mol. The molecule has 1 N–H and O–H groups in total. The van der Waals surface area contributed by atoms with Crippen LogP contribution in [0.2, 0.25) is 0 Å². The van der Waals surface area contributed by atoms with E-state index in [-0.39, 0.29) is 11.5 Å². The average molecular weight is 241 g/mol. The number of hydrogen-bond acceptors (Lipinski definition) is 3. The third-order valence-electron chi connectivity index (χ3n) is 2.69. The Morgan fingerprint density at radius 2 is 1.89 bits per heavy atom. The minimum Gasteiger partial charge on any atom is -0.507 e. The number of rotatable bonds is 3. The van der Waals surface area contributed by atoms with Crippen LogP contribution < -0.4 is 0 Å². The second kappa shape index (κ2) is 4.92. The molecule has 2 aromatic rings. The number of nitrogens with zero attached hydrogens (tertiary/aromatic N) is 1. The van der Waals surface area contributed by atoms with E-state index in [0.29, 0.717) is 10.9 Å². The van der Waals surface area contributed by atoms with Gasteiger partial charge in [-0.2, -0.15) is 0 Å². The van der Waals surface area contributed by atoms with E-state index in [1.807, 2.05) is 38.4 Å².